The molecule has 7 aromatic rings. The number of nitrogens with zero attached hydrogens (tertiary/aromatic N) is 4. The number of aromatic amines is 1. The van der Waals surface area contributed by atoms with Gasteiger partial charge < -0.3 is 19.7 Å². The second kappa shape index (κ2) is 19.6. The maximum atomic E-state index is 15.3. The summed E-state index contributed by atoms with van der Waals surface area (Å²) in [5.74, 6) is -0.258. The Kier molecular flexibility index (Phi) is 13.3. The normalized spacial score (nSPS) is 16.8. The van der Waals surface area contributed by atoms with Crippen LogP contribution in [0.15, 0.2) is 178 Å². The number of esters is 1. The van der Waals surface area contributed by atoms with Crippen molar-refractivity contribution in [2.24, 2.45) is 0 Å². The molecule has 1 saturated heterocycles. The molecular weight excluding hydrogens is 907 g/mol. The highest BCUT2D eigenvalue weighted by atomic mass is 32.2. The van der Waals surface area contributed by atoms with Gasteiger partial charge in [-0.05, 0) is 48.6 Å². The van der Waals surface area contributed by atoms with Crippen molar-refractivity contribution in [3.8, 4) is 0 Å². The summed E-state index contributed by atoms with van der Waals surface area (Å²) >= 11 is 4.20. The third kappa shape index (κ3) is 9.49. The first-order chi connectivity index (χ1) is 32.1. The Morgan fingerprint density at radius 1 is 0.833 bits per heavy atom. The molecule has 2 amide bonds. The molecule has 336 valence electrons. The van der Waals surface area contributed by atoms with Gasteiger partial charge in [0.1, 0.15) is 16.4 Å². The summed E-state index contributed by atoms with van der Waals surface area (Å²) in [5.41, 5.74) is 4.10. The van der Waals surface area contributed by atoms with Crippen molar-refractivity contribution in [2.45, 2.75) is 60.1 Å². The number of anilines is 2. The topological polar surface area (TPSA) is 151 Å². The van der Waals surface area contributed by atoms with Crippen molar-refractivity contribution in [3.05, 3.63) is 201 Å². The first-order valence-electron chi connectivity index (χ1n) is 21.3. The minimum atomic E-state index is -1.41. The lowest BCUT2D eigenvalue weighted by Crippen LogP contribution is -2.61. The van der Waals surface area contributed by atoms with Crippen LogP contribution in [0, 0.1) is 0 Å². The van der Waals surface area contributed by atoms with Crippen LogP contribution in [-0.2, 0) is 23.8 Å². The van der Waals surface area contributed by atoms with Gasteiger partial charge in [0.05, 0.1) is 27.8 Å². The molecule has 0 aliphatic carbocycles. The molecule has 5 aromatic carbocycles. The molecule has 12 nitrogen and oxygen atoms in total. The Labute approximate surface area is 398 Å². The Morgan fingerprint density at radius 3 is 1.88 bits per heavy atom. The third-order valence-corrected chi connectivity index (χ3v) is 17.7. The number of hydrogen-bond donors (Lipinski definition) is 4. The molecule has 3 N–H and O–H groups in total. The minimum Gasteiger partial charge on any atom is -0.451 e. The Bertz CT molecular complexity index is 2660. The van der Waals surface area contributed by atoms with E-state index in [4.69, 9.17) is 19.6 Å². The fourth-order valence-electron chi connectivity index (χ4n) is 8.17. The van der Waals surface area contributed by atoms with Gasteiger partial charge in [-0.3, -0.25) is 15.2 Å². The zero-order chi connectivity index (χ0) is 45.7. The number of carbonyl (C=O) groups is 3. The van der Waals surface area contributed by atoms with E-state index in [1.54, 1.807) is 31.1 Å². The number of carbonyl (C=O) groups excluding carboxylic acids is 3. The Morgan fingerprint density at radius 2 is 1.38 bits per heavy atom. The van der Waals surface area contributed by atoms with Crippen molar-refractivity contribution in [1.82, 2.24) is 25.3 Å². The monoisotopic (exact) mass is 953 g/mol. The number of β-lactam (4-membered cyclic amide) rings is 1. The highest BCUT2D eigenvalue weighted by molar-refractivity contribution is 8.28. The molecule has 0 radical (unpaired) electrons. The number of thiazole rings is 1. The average Bonchev–Trinajstić information content (AvgIpc) is 4.03. The zero-order valence-electron chi connectivity index (χ0n) is 36.2. The molecule has 9 rings (SSSR count). The molecule has 16 heteroatoms. The van der Waals surface area contributed by atoms with E-state index in [2.05, 4.69) is 93.7 Å². The minimum absolute atomic E-state index is 0.147. The summed E-state index contributed by atoms with van der Waals surface area (Å²) < 4.78 is 11.3. The number of H-pyrrole nitrogens is 1. The zero-order valence-corrected chi connectivity index (χ0v) is 39.6. The fraction of sp³-hybridized carbons (Fsp3) is 0.200. The van der Waals surface area contributed by atoms with Crippen LogP contribution >= 0.6 is 45.8 Å². The molecule has 2 aliphatic heterocycles. The highest BCUT2D eigenvalue weighted by Gasteiger charge is 2.52. The number of nitrogens with one attached hydrogen (secondary N) is 3. The van der Waals surface area contributed by atoms with Crippen LogP contribution in [0.2, 0.25) is 0 Å². The molecule has 0 spiro atoms. The lowest BCUT2D eigenvalue weighted by Gasteiger charge is -2.49. The Hall–Kier alpha value is -6.33. The predicted octanol–water partition coefficient (Wildman–Crippen LogP) is 10.9. The van der Waals surface area contributed by atoms with Crippen LogP contribution in [0.3, 0.4) is 0 Å². The standard InChI is InChI=1S/C50H47N7O5S4/c1-49(2,3)62-48(60)54-47-53-38(31-63-47)52-45-44(42(57-40(58)29-41(57)65-45)46(59)61-43(33-19-9-4-10-20-33)34-21-11-5-12-22-34)64-32-66(39-30-51-56-55-39)50(35-23-13-6-14-24-35,36-25-15-7-16-26-36)37-27-17-8-18-28-37/h4-28,30-31,41-43,52,66H,29,32H2,1-3H3,(H,51,55,56)(H,53,54,60). The number of rotatable bonds is 15. The van der Waals surface area contributed by atoms with Crippen LogP contribution < -0.4 is 10.6 Å². The number of amides is 2. The van der Waals surface area contributed by atoms with Crippen LogP contribution in [0.1, 0.15) is 61.1 Å². The third-order valence-electron chi connectivity index (χ3n) is 11.0. The summed E-state index contributed by atoms with van der Waals surface area (Å²) in [6.45, 7) is 5.38. The van der Waals surface area contributed by atoms with Gasteiger partial charge in [-0.15, -0.1) is 28.2 Å². The van der Waals surface area contributed by atoms with Gasteiger partial charge in [0.25, 0.3) is 0 Å². The van der Waals surface area contributed by atoms with Crippen LogP contribution in [0.5, 0.6) is 0 Å². The van der Waals surface area contributed by atoms with E-state index in [9.17, 15) is 9.59 Å². The molecule has 4 heterocycles. The van der Waals surface area contributed by atoms with Gasteiger partial charge in [-0.2, -0.15) is 10.9 Å². The van der Waals surface area contributed by atoms with Gasteiger partial charge >= 0.3 is 12.1 Å². The van der Waals surface area contributed by atoms with Crippen LogP contribution in [0.4, 0.5) is 15.7 Å². The quantitative estimate of drug-likeness (QED) is 0.0336. The highest BCUT2D eigenvalue weighted by Crippen LogP contribution is 2.63. The lowest BCUT2D eigenvalue weighted by atomic mass is 9.84. The first kappa shape index (κ1) is 44.9. The number of ether oxygens (including phenoxy) is 2. The van der Waals surface area contributed by atoms with Gasteiger partial charge in [0, 0.05) is 15.4 Å². The molecule has 2 aromatic heterocycles. The number of thiol groups is 1. The largest absolute Gasteiger partial charge is 0.451 e. The van der Waals surface area contributed by atoms with Crippen LogP contribution in [0.25, 0.3) is 0 Å². The molecule has 0 bridgehead atoms. The maximum absolute atomic E-state index is 15.3. The second-order valence-corrected chi connectivity index (χ2v) is 22.2. The van der Waals surface area contributed by atoms with Crippen molar-refractivity contribution < 1.29 is 23.9 Å². The summed E-state index contributed by atoms with van der Waals surface area (Å²) in [7, 11) is -1.41. The molecule has 2 aliphatic rings. The van der Waals surface area contributed by atoms with E-state index in [1.807, 2.05) is 85.1 Å². The van der Waals surface area contributed by atoms with Crippen molar-refractivity contribution in [2.75, 3.05) is 15.7 Å². The summed E-state index contributed by atoms with van der Waals surface area (Å²) in [6, 6.07) is 49.5. The lowest BCUT2D eigenvalue weighted by molar-refractivity contribution is -0.162. The smallest absolute Gasteiger partial charge is 0.413 e. The summed E-state index contributed by atoms with van der Waals surface area (Å²) in [6.07, 6.45) is 0.731. The molecule has 3 atom stereocenters. The van der Waals surface area contributed by atoms with Crippen LogP contribution in [-0.4, -0.2) is 65.4 Å². The van der Waals surface area contributed by atoms with Gasteiger partial charge in [0.2, 0.25) is 5.91 Å². The first-order valence-corrected chi connectivity index (χ1v) is 25.5. The fourth-order valence-corrected chi connectivity index (χ4v) is 15.4. The van der Waals surface area contributed by atoms with Gasteiger partial charge in [-0.1, -0.05) is 169 Å². The van der Waals surface area contributed by atoms with E-state index in [0.717, 1.165) is 32.8 Å². The molecule has 66 heavy (non-hydrogen) atoms. The molecule has 0 saturated carbocycles. The Balaban J connectivity index is 1.17. The number of hydrogen-bond acceptors (Lipinski definition) is 12. The van der Waals surface area contributed by atoms with Crippen molar-refractivity contribution in [1.29, 1.82) is 0 Å². The van der Waals surface area contributed by atoms with E-state index < -0.39 is 45.5 Å². The number of thioether (sulfide) groups is 2. The number of aromatic nitrogens is 4. The van der Waals surface area contributed by atoms with E-state index >= 15 is 4.79 Å². The van der Waals surface area contributed by atoms with E-state index in [-0.39, 0.29) is 17.7 Å². The predicted molar refractivity (Wildman–Crippen MR) is 265 cm³/mol. The SMILES string of the molecule is CC(C)(C)OC(=O)Nc1nc(NC2=C(SC[SH](c3c[nH]nn3)C(c3ccccc3)(c3ccccc3)c3ccccc3)C(C(=O)OC(c3ccccc3)c3ccccc3)N3C(=O)CC3S2)cs1. The van der Waals surface area contributed by atoms with Crippen molar-refractivity contribution in [3.63, 3.8) is 0 Å². The molecule has 3 unspecified atom stereocenters. The van der Waals surface area contributed by atoms with Gasteiger partial charge in [-0.25, -0.2) is 14.6 Å². The average molecular weight is 954 g/mol. The maximum Gasteiger partial charge on any atom is 0.413 e. The van der Waals surface area contributed by atoms with Gasteiger partial charge in [0.15, 0.2) is 17.3 Å². The molecule has 1 fully saturated rings. The van der Waals surface area contributed by atoms with E-state index in [0.29, 0.717) is 26.0 Å². The number of benzene rings is 5. The molecular formula is C50H47N7O5S4. The summed E-state index contributed by atoms with van der Waals surface area (Å²) in [5, 5.41) is 21.9. The van der Waals surface area contributed by atoms with E-state index in [1.165, 1.54) is 34.9 Å². The number of fused-ring (bicyclic) bond motifs is 1. The summed E-state index contributed by atoms with van der Waals surface area (Å²) in [4.78, 5) is 48.8. The second-order valence-electron chi connectivity index (χ2n) is 16.4. The van der Waals surface area contributed by atoms with Crippen molar-refractivity contribution >= 4 is 74.7 Å².